The van der Waals surface area contributed by atoms with E-state index >= 15 is 0 Å². The summed E-state index contributed by atoms with van der Waals surface area (Å²) < 4.78 is 34.3. The maximum atomic E-state index is 12.8. The first-order valence-corrected chi connectivity index (χ1v) is 8.80. The number of rotatable bonds is 6. The third-order valence-corrected chi connectivity index (χ3v) is 4.60. The van der Waals surface area contributed by atoms with Crippen LogP contribution in [0.15, 0.2) is 42.5 Å². The minimum absolute atomic E-state index is 0.0132. The lowest BCUT2D eigenvalue weighted by atomic mass is 10.1. The first-order chi connectivity index (χ1) is 13.9. The average Bonchev–Trinajstić information content (AvgIpc) is 2.73. The molecule has 8 nitrogen and oxygen atoms in total. The summed E-state index contributed by atoms with van der Waals surface area (Å²) in [6.45, 7) is -1.14. The van der Waals surface area contributed by atoms with E-state index in [1.54, 1.807) is 17.0 Å². The molecule has 1 aliphatic heterocycles. The van der Waals surface area contributed by atoms with Crippen molar-refractivity contribution in [1.29, 1.82) is 0 Å². The zero-order valence-electron chi connectivity index (χ0n) is 15.6. The van der Waals surface area contributed by atoms with Gasteiger partial charge in [0, 0.05) is 49.6 Å². The number of anilines is 1. The highest BCUT2D eigenvalue weighted by atomic mass is 19.3. The van der Waals surface area contributed by atoms with Crippen LogP contribution in [0.25, 0.3) is 0 Å². The number of ether oxygens (including phenoxy) is 2. The number of non-ortho nitro benzene ring substituents is 1. The van der Waals surface area contributed by atoms with Gasteiger partial charge in [-0.1, -0.05) is 6.07 Å². The zero-order valence-corrected chi connectivity index (χ0v) is 15.6. The molecule has 10 heteroatoms. The topological polar surface area (TPSA) is 85.2 Å². The lowest BCUT2D eigenvalue weighted by Crippen LogP contribution is -2.48. The summed E-state index contributed by atoms with van der Waals surface area (Å²) in [5.74, 6) is -0.355. The molecule has 0 unspecified atom stereocenters. The Kier molecular flexibility index (Phi) is 6.10. The summed E-state index contributed by atoms with van der Waals surface area (Å²) in [4.78, 5) is 26.9. The summed E-state index contributed by atoms with van der Waals surface area (Å²) >= 11 is 0. The molecule has 0 radical (unpaired) electrons. The quantitative estimate of drug-likeness (QED) is 0.540. The summed E-state index contributed by atoms with van der Waals surface area (Å²) in [5.41, 5.74) is 1.04. The largest absolute Gasteiger partial charge is 0.493 e. The van der Waals surface area contributed by atoms with E-state index in [0.29, 0.717) is 31.7 Å². The van der Waals surface area contributed by atoms with E-state index in [0.717, 1.165) is 5.69 Å². The summed E-state index contributed by atoms with van der Waals surface area (Å²) in [5, 5.41) is 10.9. The normalized spacial score (nSPS) is 14.1. The number of alkyl halides is 2. The lowest BCUT2D eigenvalue weighted by molar-refractivity contribution is -0.384. The first kappa shape index (κ1) is 20.3. The zero-order chi connectivity index (χ0) is 21.0. The van der Waals surface area contributed by atoms with Crippen molar-refractivity contribution in [3.63, 3.8) is 0 Å². The Morgan fingerprint density at radius 2 is 1.83 bits per heavy atom. The van der Waals surface area contributed by atoms with E-state index < -0.39 is 11.5 Å². The van der Waals surface area contributed by atoms with Crippen LogP contribution >= 0.6 is 0 Å². The van der Waals surface area contributed by atoms with Gasteiger partial charge in [-0.15, -0.1) is 0 Å². The van der Waals surface area contributed by atoms with Gasteiger partial charge in [-0.3, -0.25) is 14.9 Å². The molecule has 1 amide bonds. The monoisotopic (exact) mass is 407 g/mol. The van der Waals surface area contributed by atoms with Gasteiger partial charge in [0.25, 0.3) is 11.6 Å². The second kappa shape index (κ2) is 8.72. The van der Waals surface area contributed by atoms with Crippen LogP contribution in [-0.2, 0) is 0 Å². The van der Waals surface area contributed by atoms with Crippen molar-refractivity contribution in [3.05, 3.63) is 58.1 Å². The predicted octanol–water partition coefficient (Wildman–Crippen LogP) is 3.17. The van der Waals surface area contributed by atoms with Gasteiger partial charge in [-0.05, 0) is 24.3 Å². The van der Waals surface area contributed by atoms with Gasteiger partial charge >= 0.3 is 6.61 Å². The highest BCUT2D eigenvalue weighted by Crippen LogP contribution is 2.30. The number of nitro benzene ring substituents is 1. The SMILES string of the molecule is COc1cc(C(=O)N2CCN(c3cccc([N+](=O)[O-])c3)CC2)ccc1OC(F)F. The van der Waals surface area contributed by atoms with E-state index in [4.69, 9.17) is 4.74 Å². The van der Waals surface area contributed by atoms with Gasteiger partial charge < -0.3 is 19.3 Å². The third kappa shape index (κ3) is 4.71. The molecule has 3 rings (SSSR count). The number of piperazine rings is 1. The standard InChI is InChI=1S/C19H19F2N3O5/c1-28-17-11-13(5-6-16(17)29-19(20)21)18(25)23-9-7-22(8-10-23)14-3-2-4-15(12-14)24(26)27/h2-6,11-12,19H,7-10H2,1H3. The molecular formula is C19H19F2N3O5. The van der Waals surface area contributed by atoms with Crippen molar-refractivity contribution >= 4 is 17.3 Å². The van der Waals surface area contributed by atoms with Crippen LogP contribution in [0.4, 0.5) is 20.2 Å². The second-order valence-corrected chi connectivity index (χ2v) is 6.30. The Morgan fingerprint density at radius 3 is 2.45 bits per heavy atom. The van der Waals surface area contributed by atoms with Crippen LogP contribution in [0.1, 0.15) is 10.4 Å². The number of nitrogens with zero attached hydrogens (tertiary/aromatic N) is 3. The maximum absolute atomic E-state index is 12.8. The molecule has 2 aromatic rings. The molecule has 1 aliphatic rings. The molecule has 29 heavy (non-hydrogen) atoms. The average molecular weight is 407 g/mol. The molecule has 0 aromatic heterocycles. The minimum atomic E-state index is -2.99. The van der Waals surface area contributed by atoms with E-state index in [2.05, 4.69) is 4.74 Å². The van der Waals surface area contributed by atoms with Crippen molar-refractivity contribution < 1.29 is 28.0 Å². The maximum Gasteiger partial charge on any atom is 0.387 e. The third-order valence-electron chi connectivity index (χ3n) is 4.60. The van der Waals surface area contributed by atoms with Gasteiger partial charge in [-0.2, -0.15) is 8.78 Å². The fraction of sp³-hybridized carbons (Fsp3) is 0.316. The van der Waals surface area contributed by atoms with Crippen LogP contribution in [-0.4, -0.2) is 55.6 Å². The molecule has 154 valence electrons. The number of amides is 1. The molecule has 0 spiro atoms. The van der Waals surface area contributed by atoms with E-state index in [-0.39, 0.29) is 23.1 Å². The fourth-order valence-corrected chi connectivity index (χ4v) is 3.15. The smallest absolute Gasteiger partial charge is 0.387 e. The van der Waals surface area contributed by atoms with Gasteiger partial charge in [-0.25, -0.2) is 0 Å². The molecule has 0 N–H and O–H groups in total. The Balaban J connectivity index is 1.67. The van der Waals surface area contributed by atoms with E-state index in [1.807, 2.05) is 4.90 Å². The number of carbonyl (C=O) groups excluding carboxylic acids is 1. The molecule has 0 saturated carbocycles. The summed E-state index contributed by atoms with van der Waals surface area (Å²) in [7, 11) is 1.31. The van der Waals surface area contributed by atoms with Gasteiger partial charge in [0.1, 0.15) is 0 Å². The van der Waals surface area contributed by atoms with Gasteiger partial charge in [0.2, 0.25) is 0 Å². The predicted molar refractivity (Wildman–Crippen MR) is 101 cm³/mol. The molecule has 0 aliphatic carbocycles. The van der Waals surface area contributed by atoms with Crippen molar-refractivity contribution in [2.75, 3.05) is 38.2 Å². The number of hydrogen-bond donors (Lipinski definition) is 0. The molecule has 1 saturated heterocycles. The molecule has 1 fully saturated rings. The number of benzene rings is 2. The number of halogens is 2. The van der Waals surface area contributed by atoms with Crippen LogP contribution in [0.2, 0.25) is 0 Å². The Bertz CT molecular complexity index is 901. The van der Waals surface area contributed by atoms with E-state index in [9.17, 15) is 23.7 Å². The number of nitro groups is 1. The van der Waals surface area contributed by atoms with Gasteiger partial charge in [0.15, 0.2) is 11.5 Å². The first-order valence-electron chi connectivity index (χ1n) is 8.80. The van der Waals surface area contributed by atoms with Crippen LogP contribution in [0.5, 0.6) is 11.5 Å². The number of methoxy groups -OCH3 is 1. The Hall–Kier alpha value is -3.43. The highest BCUT2D eigenvalue weighted by molar-refractivity contribution is 5.95. The van der Waals surface area contributed by atoms with Crippen molar-refractivity contribution in [1.82, 2.24) is 4.90 Å². The summed E-state index contributed by atoms with van der Waals surface area (Å²) in [6.07, 6.45) is 0. The Labute approximate surface area is 165 Å². The van der Waals surface area contributed by atoms with Crippen LogP contribution in [0, 0.1) is 10.1 Å². The van der Waals surface area contributed by atoms with Crippen molar-refractivity contribution in [3.8, 4) is 11.5 Å². The fourth-order valence-electron chi connectivity index (χ4n) is 3.15. The lowest BCUT2D eigenvalue weighted by Gasteiger charge is -2.36. The highest BCUT2D eigenvalue weighted by Gasteiger charge is 2.24. The number of carbonyl (C=O) groups is 1. The van der Waals surface area contributed by atoms with Crippen molar-refractivity contribution in [2.24, 2.45) is 0 Å². The molecule has 0 bridgehead atoms. The van der Waals surface area contributed by atoms with Crippen LogP contribution < -0.4 is 14.4 Å². The summed E-state index contributed by atoms with van der Waals surface area (Å²) in [6, 6.07) is 10.4. The van der Waals surface area contributed by atoms with Crippen LogP contribution in [0.3, 0.4) is 0 Å². The minimum Gasteiger partial charge on any atom is -0.493 e. The van der Waals surface area contributed by atoms with E-state index in [1.165, 1.54) is 37.4 Å². The van der Waals surface area contributed by atoms with Gasteiger partial charge in [0.05, 0.1) is 12.0 Å². The molecule has 0 atom stereocenters. The number of hydrogen-bond acceptors (Lipinski definition) is 6. The molecule has 1 heterocycles. The van der Waals surface area contributed by atoms with Crippen molar-refractivity contribution in [2.45, 2.75) is 6.61 Å². The molecule has 2 aromatic carbocycles. The second-order valence-electron chi connectivity index (χ2n) is 6.30. The Morgan fingerprint density at radius 1 is 1.10 bits per heavy atom. The molecular weight excluding hydrogens is 388 g/mol.